The third kappa shape index (κ3) is 2.87. The molecule has 21 heavy (non-hydrogen) atoms. The molecule has 2 unspecified atom stereocenters. The Labute approximate surface area is 128 Å². The van der Waals surface area contributed by atoms with Gasteiger partial charge in [-0.25, -0.2) is 9.97 Å². The van der Waals surface area contributed by atoms with Crippen LogP contribution >= 0.6 is 11.8 Å². The Balaban J connectivity index is 1.67. The maximum absolute atomic E-state index is 9.25. The Morgan fingerprint density at radius 1 is 1.38 bits per heavy atom. The third-order valence-corrected chi connectivity index (χ3v) is 5.33. The summed E-state index contributed by atoms with van der Waals surface area (Å²) in [4.78, 5) is 8.66. The summed E-state index contributed by atoms with van der Waals surface area (Å²) in [6.45, 7) is 0. The Kier molecular flexibility index (Phi) is 4.09. The molecular formula is C16H18N4S. The van der Waals surface area contributed by atoms with E-state index in [-0.39, 0.29) is 0 Å². The number of fused-ring (bicyclic) bond motifs is 1. The van der Waals surface area contributed by atoms with E-state index in [0.29, 0.717) is 5.92 Å². The van der Waals surface area contributed by atoms with Gasteiger partial charge in [-0.05, 0) is 37.0 Å². The van der Waals surface area contributed by atoms with Gasteiger partial charge < -0.3 is 5.73 Å². The molecule has 2 aromatic rings. The molecule has 1 saturated carbocycles. The van der Waals surface area contributed by atoms with Crippen molar-refractivity contribution in [2.75, 3.05) is 5.75 Å². The van der Waals surface area contributed by atoms with Crippen LogP contribution in [0.3, 0.4) is 0 Å². The van der Waals surface area contributed by atoms with Crippen LogP contribution in [0.5, 0.6) is 0 Å². The molecule has 2 atom stereocenters. The van der Waals surface area contributed by atoms with Crippen molar-refractivity contribution in [3.8, 4) is 6.07 Å². The molecule has 2 N–H and O–H groups in total. The number of rotatable bonds is 4. The van der Waals surface area contributed by atoms with Crippen molar-refractivity contribution in [2.45, 2.75) is 36.2 Å². The van der Waals surface area contributed by atoms with E-state index in [1.165, 1.54) is 0 Å². The number of nitrogens with zero attached hydrogens (tertiary/aromatic N) is 3. The highest BCUT2D eigenvalue weighted by atomic mass is 32.2. The lowest BCUT2D eigenvalue weighted by atomic mass is 9.88. The maximum Gasteiger partial charge on any atom is 0.117 e. The molecule has 0 radical (unpaired) electrons. The van der Waals surface area contributed by atoms with Crippen molar-refractivity contribution in [1.29, 1.82) is 5.26 Å². The molecule has 0 spiro atoms. The van der Waals surface area contributed by atoms with E-state index in [4.69, 9.17) is 5.73 Å². The van der Waals surface area contributed by atoms with Crippen molar-refractivity contribution in [2.24, 2.45) is 11.7 Å². The molecule has 108 valence electrons. The Morgan fingerprint density at radius 3 is 3.10 bits per heavy atom. The molecule has 1 aliphatic rings. The number of benzene rings is 1. The second-order valence-electron chi connectivity index (χ2n) is 5.57. The minimum Gasteiger partial charge on any atom is -0.313 e. The van der Waals surface area contributed by atoms with Crippen molar-refractivity contribution >= 4 is 22.7 Å². The summed E-state index contributed by atoms with van der Waals surface area (Å²) < 4.78 is 0. The van der Waals surface area contributed by atoms with Crippen LogP contribution in [0.25, 0.3) is 10.9 Å². The van der Waals surface area contributed by atoms with E-state index in [1.807, 2.05) is 18.2 Å². The second kappa shape index (κ2) is 6.00. The predicted molar refractivity (Wildman–Crippen MR) is 84.8 cm³/mol. The van der Waals surface area contributed by atoms with E-state index in [0.717, 1.165) is 47.4 Å². The summed E-state index contributed by atoms with van der Waals surface area (Å²) in [5.41, 5.74) is 6.53. The first-order valence-corrected chi connectivity index (χ1v) is 8.24. The van der Waals surface area contributed by atoms with E-state index < -0.39 is 5.54 Å². The number of nitriles is 1. The lowest BCUT2D eigenvalue weighted by Gasteiger charge is -2.23. The minimum atomic E-state index is -0.617. The van der Waals surface area contributed by atoms with Gasteiger partial charge in [-0.2, -0.15) is 5.26 Å². The number of nitrogens with two attached hydrogens (primary N) is 1. The summed E-state index contributed by atoms with van der Waals surface area (Å²) in [5.74, 6) is 1.25. The van der Waals surface area contributed by atoms with Crippen LogP contribution in [0.1, 0.15) is 25.7 Å². The van der Waals surface area contributed by atoms with E-state index >= 15 is 0 Å². The van der Waals surface area contributed by atoms with Gasteiger partial charge in [0.15, 0.2) is 0 Å². The zero-order chi connectivity index (χ0) is 14.7. The Morgan fingerprint density at radius 2 is 2.24 bits per heavy atom. The molecule has 1 aromatic heterocycles. The average molecular weight is 298 g/mol. The first-order chi connectivity index (χ1) is 10.2. The molecule has 4 nitrogen and oxygen atoms in total. The number of para-hydroxylation sites is 1. The van der Waals surface area contributed by atoms with Crippen LogP contribution in [0, 0.1) is 17.2 Å². The SMILES string of the molecule is N#CC1(N)CCCC1CCSc1ncnc2ccccc12. The lowest BCUT2D eigenvalue weighted by molar-refractivity contribution is 0.389. The summed E-state index contributed by atoms with van der Waals surface area (Å²) in [6, 6.07) is 10.4. The molecule has 1 heterocycles. The second-order valence-corrected chi connectivity index (χ2v) is 6.66. The molecule has 1 aliphatic carbocycles. The van der Waals surface area contributed by atoms with Crippen LogP contribution in [-0.2, 0) is 0 Å². The van der Waals surface area contributed by atoms with Crippen LogP contribution in [0.2, 0.25) is 0 Å². The Hall–Kier alpha value is -1.64. The highest BCUT2D eigenvalue weighted by Crippen LogP contribution is 2.37. The fourth-order valence-corrected chi connectivity index (χ4v) is 4.09. The third-order valence-electron chi connectivity index (χ3n) is 4.29. The molecule has 3 rings (SSSR count). The lowest BCUT2D eigenvalue weighted by Crippen LogP contribution is -2.41. The van der Waals surface area contributed by atoms with E-state index in [1.54, 1.807) is 18.1 Å². The fourth-order valence-electron chi connectivity index (χ4n) is 3.04. The standard InChI is InChI=1S/C16H18N4S/c17-10-16(18)8-3-4-12(16)7-9-21-15-13-5-1-2-6-14(13)19-11-20-15/h1-2,5-6,11-12H,3-4,7-9,18H2. The van der Waals surface area contributed by atoms with E-state index in [9.17, 15) is 5.26 Å². The van der Waals surface area contributed by atoms with Gasteiger partial charge in [-0.3, -0.25) is 0 Å². The fraction of sp³-hybridized carbons (Fsp3) is 0.438. The minimum absolute atomic E-state index is 0.308. The number of hydrogen-bond donors (Lipinski definition) is 1. The molecule has 0 bridgehead atoms. The van der Waals surface area contributed by atoms with Gasteiger partial charge in [0.1, 0.15) is 16.9 Å². The summed E-state index contributed by atoms with van der Waals surface area (Å²) in [6.07, 6.45) is 5.54. The van der Waals surface area contributed by atoms with Gasteiger partial charge in [0, 0.05) is 5.39 Å². The predicted octanol–water partition coefficient (Wildman–Crippen LogP) is 3.13. The number of hydrogen-bond acceptors (Lipinski definition) is 5. The molecule has 0 aliphatic heterocycles. The van der Waals surface area contributed by atoms with Crippen molar-refractivity contribution < 1.29 is 0 Å². The smallest absolute Gasteiger partial charge is 0.117 e. The summed E-state index contributed by atoms with van der Waals surface area (Å²) in [5, 5.41) is 11.4. The van der Waals surface area contributed by atoms with Crippen LogP contribution < -0.4 is 5.73 Å². The normalized spacial score (nSPS) is 25.0. The maximum atomic E-state index is 9.25. The van der Waals surface area contributed by atoms with Gasteiger partial charge in [0.25, 0.3) is 0 Å². The number of aromatic nitrogens is 2. The van der Waals surface area contributed by atoms with Gasteiger partial charge in [-0.15, -0.1) is 11.8 Å². The highest BCUT2D eigenvalue weighted by molar-refractivity contribution is 7.99. The first kappa shape index (κ1) is 14.3. The zero-order valence-corrected chi connectivity index (χ0v) is 12.6. The molecule has 5 heteroatoms. The Bertz CT molecular complexity index is 676. The van der Waals surface area contributed by atoms with Crippen LogP contribution in [-0.4, -0.2) is 21.3 Å². The topological polar surface area (TPSA) is 75.6 Å². The molecule has 1 aromatic carbocycles. The summed E-state index contributed by atoms with van der Waals surface area (Å²) in [7, 11) is 0. The zero-order valence-electron chi connectivity index (χ0n) is 11.8. The van der Waals surface area contributed by atoms with E-state index in [2.05, 4.69) is 22.1 Å². The monoisotopic (exact) mass is 298 g/mol. The molecule has 0 saturated heterocycles. The first-order valence-electron chi connectivity index (χ1n) is 7.25. The quantitative estimate of drug-likeness (QED) is 0.693. The van der Waals surface area contributed by atoms with Gasteiger partial charge in [0.2, 0.25) is 0 Å². The molecule has 0 amide bonds. The molecule has 1 fully saturated rings. The van der Waals surface area contributed by atoms with Crippen LogP contribution in [0.4, 0.5) is 0 Å². The van der Waals surface area contributed by atoms with Crippen LogP contribution in [0.15, 0.2) is 35.6 Å². The van der Waals surface area contributed by atoms with Crippen molar-refractivity contribution in [1.82, 2.24) is 9.97 Å². The summed E-state index contributed by atoms with van der Waals surface area (Å²) >= 11 is 1.73. The van der Waals surface area contributed by atoms with Gasteiger partial charge in [-0.1, -0.05) is 24.6 Å². The van der Waals surface area contributed by atoms with Crippen molar-refractivity contribution in [3.63, 3.8) is 0 Å². The largest absolute Gasteiger partial charge is 0.313 e. The average Bonchev–Trinajstić information content (AvgIpc) is 2.89. The van der Waals surface area contributed by atoms with Gasteiger partial charge >= 0.3 is 0 Å². The highest BCUT2D eigenvalue weighted by Gasteiger charge is 2.39. The number of thioether (sulfide) groups is 1. The van der Waals surface area contributed by atoms with Gasteiger partial charge in [0.05, 0.1) is 11.6 Å². The van der Waals surface area contributed by atoms with Crippen molar-refractivity contribution in [3.05, 3.63) is 30.6 Å². The molecular weight excluding hydrogens is 280 g/mol.